The van der Waals surface area contributed by atoms with Crippen LogP contribution >= 0.6 is 0 Å². The van der Waals surface area contributed by atoms with Gasteiger partial charge in [0, 0.05) is 44.5 Å². The Bertz CT molecular complexity index is 676. The number of carbonyl (C=O) groups excluding carboxylic acids is 1. The van der Waals surface area contributed by atoms with Gasteiger partial charge < -0.3 is 19.0 Å². The number of likely N-dealkylation sites (tertiary alicyclic amines) is 1. The number of fused-ring (bicyclic) bond motifs is 1. The Hall–Kier alpha value is -2.41. The lowest BCUT2D eigenvalue weighted by Gasteiger charge is -2.37. The fourth-order valence-electron chi connectivity index (χ4n) is 3.44. The molecule has 2 aromatic rings. The van der Waals surface area contributed by atoms with Crippen molar-refractivity contribution in [2.24, 2.45) is 5.92 Å². The van der Waals surface area contributed by atoms with Crippen molar-refractivity contribution < 1.29 is 13.9 Å². The quantitative estimate of drug-likeness (QED) is 0.831. The number of amides is 1. The number of aromatic nitrogens is 2. The van der Waals surface area contributed by atoms with E-state index >= 15 is 0 Å². The highest BCUT2D eigenvalue weighted by Crippen LogP contribution is 2.26. The molecule has 0 saturated carbocycles. The van der Waals surface area contributed by atoms with Crippen molar-refractivity contribution in [1.82, 2.24) is 14.9 Å². The summed E-state index contributed by atoms with van der Waals surface area (Å²) in [5.41, 5.74) is 0.599. The van der Waals surface area contributed by atoms with Crippen LogP contribution in [0.5, 0.6) is 0 Å². The number of rotatable bonds is 2. The van der Waals surface area contributed by atoms with E-state index < -0.39 is 0 Å². The maximum absolute atomic E-state index is 12.5. The summed E-state index contributed by atoms with van der Waals surface area (Å²) in [5.74, 6) is 1.14. The minimum Gasteiger partial charge on any atom is -0.472 e. The molecule has 0 aliphatic carbocycles. The van der Waals surface area contributed by atoms with E-state index in [-0.39, 0.29) is 12.0 Å². The highest BCUT2D eigenvalue weighted by molar-refractivity contribution is 5.93. The van der Waals surface area contributed by atoms with Crippen molar-refractivity contribution in [1.29, 1.82) is 0 Å². The molecule has 4 heterocycles. The molecule has 7 heteroatoms. The fraction of sp³-hybridized carbons (Fsp3) is 0.471. The molecule has 2 saturated heterocycles. The van der Waals surface area contributed by atoms with Crippen molar-refractivity contribution in [3.05, 3.63) is 42.6 Å². The molecule has 0 aromatic carbocycles. The van der Waals surface area contributed by atoms with E-state index in [1.165, 1.54) is 12.5 Å². The number of nitrogens with zero attached hydrogens (tertiary/aromatic N) is 4. The van der Waals surface area contributed by atoms with E-state index in [4.69, 9.17) is 9.15 Å². The number of carbonyl (C=O) groups is 1. The highest BCUT2D eigenvalue weighted by Gasteiger charge is 2.35. The van der Waals surface area contributed by atoms with Gasteiger partial charge in [-0.2, -0.15) is 0 Å². The molecule has 0 N–H and O–H groups in total. The predicted octanol–water partition coefficient (Wildman–Crippen LogP) is 1.44. The molecule has 24 heavy (non-hydrogen) atoms. The third-order valence-corrected chi connectivity index (χ3v) is 4.73. The molecule has 2 aliphatic heterocycles. The SMILES string of the molecule is O=C(c1ccoc1)N1CC[C@H]2CN(c3ncccn3)CCO[C@H]2C1. The zero-order valence-corrected chi connectivity index (χ0v) is 13.4. The monoisotopic (exact) mass is 328 g/mol. The van der Waals surface area contributed by atoms with E-state index in [1.54, 1.807) is 18.5 Å². The van der Waals surface area contributed by atoms with Crippen molar-refractivity contribution >= 4 is 11.9 Å². The first kappa shape index (κ1) is 15.1. The molecule has 7 nitrogen and oxygen atoms in total. The van der Waals surface area contributed by atoms with Crippen LogP contribution in [0.15, 0.2) is 41.5 Å². The summed E-state index contributed by atoms with van der Waals surface area (Å²) in [6.07, 6.45) is 7.52. The molecule has 0 bridgehead atoms. The molecular formula is C17H20N4O3. The van der Waals surface area contributed by atoms with Crippen molar-refractivity contribution in [2.75, 3.05) is 37.7 Å². The van der Waals surface area contributed by atoms with Gasteiger partial charge in [0.25, 0.3) is 5.91 Å². The smallest absolute Gasteiger partial charge is 0.257 e. The summed E-state index contributed by atoms with van der Waals surface area (Å²) < 4.78 is 11.1. The first-order valence-corrected chi connectivity index (χ1v) is 8.26. The third kappa shape index (κ3) is 2.99. The molecule has 2 fully saturated rings. The van der Waals surface area contributed by atoms with Gasteiger partial charge in [0.05, 0.1) is 24.5 Å². The summed E-state index contributed by atoms with van der Waals surface area (Å²) in [6, 6.07) is 3.53. The Kier molecular flexibility index (Phi) is 4.17. The van der Waals surface area contributed by atoms with Crippen LogP contribution in [0.25, 0.3) is 0 Å². The molecular weight excluding hydrogens is 308 g/mol. The summed E-state index contributed by atoms with van der Waals surface area (Å²) in [6.45, 7) is 3.61. The first-order chi connectivity index (χ1) is 11.8. The zero-order valence-electron chi connectivity index (χ0n) is 13.4. The van der Waals surface area contributed by atoms with Gasteiger partial charge in [-0.3, -0.25) is 4.79 Å². The van der Waals surface area contributed by atoms with Gasteiger partial charge in [0.15, 0.2) is 0 Å². The number of hydrogen-bond acceptors (Lipinski definition) is 6. The maximum Gasteiger partial charge on any atom is 0.257 e. The van der Waals surface area contributed by atoms with E-state index in [0.717, 1.165) is 32.0 Å². The van der Waals surface area contributed by atoms with Crippen molar-refractivity contribution in [2.45, 2.75) is 12.5 Å². The molecule has 126 valence electrons. The van der Waals surface area contributed by atoms with Gasteiger partial charge in [0.1, 0.15) is 6.26 Å². The van der Waals surface area contributed by atoms with Gasteiger partial charge in [-0.05, 0) is 18.6 Å². The normalized spacial score (nSPS) is 24.3. The largest absolute Gasteiger partial charge is 0.472 e. The lowest BCUT2D eigenvalue weighted by Crippen LogP contribution is -2.49. The van der Waals surface area contributed by atoms with Crippen molar-refractivity contribution in [3.63, 3.8) is 0 Å². The van der Waals surface area contributed by atoms with Crippen LogP contribution in [0, 0.1) is 5.92 Å². The molecule has 0 unspecified atom stereocenters. The Morgan fingerprint density at radius 1 is 1.21 bits per heavy atom. The molecule has 0 spiro atoms. The first-order valence-electron chi connectivity index (χ1n) is 8.26. The second-order valence-electron chi connectivity index (χ2n) is 6.22. The number of piperidine rings is 1. The van der Waals surface area contributed by atoms with Crippen LogP contribution in [0.2, 0.25) is 0 Å². The standard InChI is InChI=1S/C17H20N4O3/c22-16(14-3-8-23-12-14)20-6-2-13-10-21(7-9-24-15(13)11-20)17-18-4-1-5-19-17/h1,3-5,8,12-13,15H,2,6-7,9-11H2/t13-,15-/m0/s1. The van der Waals surface area contributed by atoms with Crippen LogP contribution in [-0.4, -0.2) is 59.7 Å². The lowest BCUT2D eigenvalue weighted by molar-refractivity contribution is -0.0169. The summed E-state index contributed by atoms with van der Waals surface area (Å²) in [4.78, 5) is 25.2. The minimum atomic E-state index is 0.0123. The molecule has 0 radical (unpaired) electrons. The van der Waals surface area contributed by atoms with Gasteiger partial charge in [-0.1, -0.05) is 0 Å². The van der Waals surface area contributed by atoms with E-state index in [2.05, 4.69) is 14.9 Å². The lowest BCUT2D eigenvalue weighted by atomic mass is 9.93. The predicted molar refractivity (Wildman–Crippen MR) is 86.7 cm³/mol. The maximum atomic E-state index is 12.5. The Morgan fingerprint density at radius 3 is 2.88 bits per heavy atom. The number of furan rings is 1. The molecule has 1 amide bonds. The molecule has 4 rings (SSSR count). The Labute approximate surface area is 140 Å². The highest BCUT2D eigenvalue weighted by atomic mass is 16.5. The number of ether oxygens (including phenoxy) is 1. The van der Waals surface area contributed by atoms with Crippen LogP contribution < -0.4 is 4.90 Å². The van der Waals surface area contributed by atoms with Gasteiger partial charge in [-0.15, -0.1) is 0 Å². The fourth-order valence-corrected chi connectivity index (χ4v) is 3.44. The van der Waals surface area contributed by atoms with Gasteiger partial charge in [-0.25, -0.2) is 9.97 Å². The summed E-state index contributed by atoms with van der Waals surface area (Å²) in [5, 5.41) is 0. The van der Waals surface area contributed by atoms with E-state index in [1.807, 2.05) is 11.0 Å². The summed E-state index contributed by atoms with van der Waals surface area (Å²) in [7, 11) is 0. The Morgan fingerprint density at radius 2 is 2.08 bits per heavy atom. The van der Waals surface area contributed by atoms with Crippen LogP contribution in [0.4, 0.5) is 5.95 Å². The van der Waals surface area contributed by atoms with E-state index in [9.17, 15) is 4.79 Å². The van der Waals surface area contributed by atoms with E-state index in [0.29, 0.717) is 24.6 Å². The second-order valence-corrected chi connectivity index (χ2v) is 6.22. The Balaban J connectivity index is 1.44. The average molecular weight is 328 g/mol. The minimum absolute atomic E-state index is 0.0123. The van der Waals surface area contributed by atoms with Crippen LogP contribution in [0.1, 0.15) is 16.8 Å². The number of anilines is 1. The summed E-state index contributed by atoms with van der Waals surface area (Å²) >= 11 is 0. The molecule has 2 aliphatic rings. The zero-order chi connectivity index (χ0) is 16.4. The molecule has 2 aromatic heterocycles. The number of hydrogen-bond donors (Lipinski definition) is 0. The van der Waals surface area contributed by atoms with Crippen LogP contribution in [0.3, 0.4) is 0 Å². The molecule has 2 atom stereocenters. The third-order valence-electron chi connectivity index (χ3n) is 4.73. The average Bonchev–Trinajstić information content (AvgIpc) is 3.08. The van der Waals surface area contributed by atoms with Crippen LogP contribution in [-0.2, 0) is 4.74 Å². The van der Waals surface area contributed by atoms with Gasteiger partial charge >= 0.3 is 0 Å². The second kappa shape index (κ2) is 6.60. The van der Waals surface area contributed by atoms with Gasteiger partial charge in [0.2, 0.25) is 5.95 Å². The topological polar surface area (TPSA) is 71.7 Å². The van der Waals surface area contributed by atoms with Crippen molar-refractivity contribution in [3.8, 4) is 0 Å².